The molecule has 2 N–H and O–H groups in total. The maximum absolute atomic E-state index is 12.9. The van der Waals surface area contributed by atoms with Crippen LogP contribution in [0.4, 0.5) is 4.39 Å². The number of rotatable bonds is 5. The van der Waals surface area contributed by atoms with Gasteiger partial charge in [0.15, 0.2) is 0 Å². The van der Waals surface area contributed by atoms with Crippen LogP contribution in [0.2, 0.25) is 0 Å². The van der Waals surface area contributed by atoms with Crippen LogP contribution in [0, 0.1) is 5.82 Å². The maximum Gasteiger partial charge on any atom is 0.123 e. The van der Waals surface area contributed by atoms with Gasteiger partial charge in [-0.1, -0.05) is 30.3 Å². The lowest BCUT2D eigenvalue weighted by atomic mass is 10.0. The number of hydrogen-bond acceptors (Lipinski definition) is 3. The zero-order valence-corrected chi connectivity index (χ0v) is 12.9. The van der Waals surface area contributed by atoms with Crippen molar-refractivity contribution in [1.29, 1.82) is 0 Å². The first-order valence-corrected chi connectivity index (χ1v) is 7.65. The van der Waals surface area contributed by atoms with Gasteiger partial charge in [0.05, 0.1) is 11.6 Å². The van der Waals surface area contributed by atoms with Gasteiger partial charge in [0.25, 0.3) is 0 Å². The van der Waals surface area contributed by atoms with Gasteiger partial charge < -0.3 is 10.4 Å². The largest absolute Gasteiger partial charge is 0.387 e. The van der Waals surface area contributed by atoms with E-state index in [0.29, 0.717) is 12.1 Å². The number of nitrogens with zero attached hydrogens (tertiary/aromatic N) is 1. The van der Waals surface area contributed by atoms with E-state index in [0.717, 1.165) is 16.5 Å². The Morgan fingerprint density at radius 2 is 1.87 bits per heavy atom. The number of hydrogen-bond donors (Lipinski definition) is 2. The summed E-state index contributed by atoms with van der Waals surface area (Å²) in [6, 6.07) is 16.0. The van der Waals surface area contributed by atoms with Gasteiger partial charge >= 0.3 is 0 Å². The third-order valence-corrected chi connectivity index (χ3v) is 4.02. The van der Waals surface area contributed by atoms with Gasteiger partial charge in [-0.2, -0.15) is 0 Å². The second-order valence-corrected chi connectivity index (χ2v) is 5.61. The van der Waals surface area contributed by atoms with Crippen molar-refractivity contribution in [1.82, 2.24) is 10.3 Å². The SMILES string of the molecule is CC(NCC(O)c1ccc(F)cc1)c1cccc2ncccc12. The summed E-state index contributed by atoms with van der Waals surface area (Å²) in [6.45, 7) is 2.45. The molecule has 0 radical (unpaired) electrons. The summed E-state index contributed by atoms with van der Waals surface area (Å²) in [5.74, 6) is -0.300. The lowest BCUT2D eigenvalue weighted by Crippen LogP contribution is -2.24. The van der Waals surface area contributed by atoms with E-state index in [2.05, 4.69) is 23.3 Å². The first kappa shape index (κ1) is 15.6. The van der Waals surface area contributed by atoms with Crippen LogP contribution in [-0.2, 0) is 0 Å². The Labute approximate surface area is 134 Å². The van der Waals surface area contributed by atoms with Crippen LogP contribution >= 0.6 is 0 Å². The Bertz CT molecular complexity index is 783. The average molecular weight is 310 g/mol. The Hall–Kier alpha value is -2.30. The number of aromatic nitrogens is 1. The van der Waals surface area contributed by atoms with Crippen LogP contribution in [-0.4, -0.2) is 16.6 Å². The molecule has 0 spiro atoms. The minimum absolute atomic E-state index is 0.0676. The zero-order valence-electron chi connectivity index (χ0n) is 12.9. The molecular formula is C19H19FN2O. The summed E-state index contributed by atoms with van der Waals surface area (Å²) < 4.78 is 12.9. The minimum atomic E-state index is -0.675. The Morgan fingerprint density at radius 1 is 1.09 bits per heavy atom. The predicted molar refractivity (Wildman–Crippen MR) is 89.5 cm³/mol. The van der Waals surface area contributed by atoms with Gasteiger partial charge in [0.1, 0.15) is 5.82 Å². The van der Waals surface area contributed by atoms with E-state index in [-0.39, 0.29) is 11.9 Å². The van der Waals surface area contributed by atoms with Crippen LogP contribution in [0.5, 0.6) is 0 Å². The average Bonchev–Trinajstić information content (AvgIpc) is 2.59. The van der Waals surface area contributed by atoms with Gasteiger partial charge in [0.2, 0.25) is 0 Å². The maximum atomic E-state index is 12.9. The van der Waals surface area contributed by atoms with Crippen LogP contribution in [0.1, 0.15) is 30.2 Å². The number of aliphatic hydroxyl groups is 1. The molecule has 118 valence electrons. The molecule has 2 atom stereocenters. The zero-order chi connectivity index (χ0) is 16.2. The van der Waals surface area contributed by atoms with Crippen molar-refractivity contribution in [2.24, 2.45) is 0 Å². The van der Waals surface area contributed by atoms with E-state index in [1.807, 2.05) is 24.3 Å². The molecular weight excluding hydrogens is 291 g/mol. The molecule has 0 saturated heterocycles. The molecule has 3 rings (SSSR count). The number of halogens is 1. The summed E-state index contributed by atoms with van der Waals surface area (Å²) in [5.41, 5.74) is 2.80. The number of pyridine rings is 1. The van der Waals surface area contributed by atoms with Crippen LogP contribution < -0.4 is 5.32 Å². The Kier molecular flexibility index (Phi) is 4.65. The van der Waals surface area contributed by atoms with Gasteiger partial charge in [0, 0.05) is 24.2 Å². The van der Waals surface area contributed by atoms with Gasteiger partial charge in [-0.3, -0.25) is 4.98 Å². The number of fused-ring (bicyclic) bond motifs is 1. The Balaban J connectivity index is 1.71. The minimum Gasteiger partial charge on any atom is -0.387 e. The summed E-state index contributed by atoms with van der Waals surface area (Å²) in [7, 11) is 0. The van der Waals surface area contributed by atoms with Gasteiger partial charge in [-0.15, -0.1) is 0 Å². The smallest absolute Gasteiger partial charge is 0.123 e. The molecule has 0 aliphatic carbocycles. The molecule has 3 nitrogen and oxygen atoms in total. The highest BCUT2D eigenvalue weighted by molar-refractivity contribution is 5.82. The van der Waals surface area contributed by atoms with Crippen molar-refractivity contribution in [3.8, 4) is 0 Å². The molecule has 0 aliphatic heterocycles. The molecule has 0 fully saturated rings. The fourth-order valence-corrected chi connectivity index (χ4v) is 2.71. The van der Waals surface area contributed by atoms with Crippen molar-refractivity contribution >= 4 is 10.9 Å². The molecule has 0 aliphatic rings. The number of aliphatic hydroxyl groups excluding tert-OH is 1. The fraction of sp³-hybridized carbons (Fsp3) is 0.211. The highest BCUT2D eigenvalue weighted by Crippen LogP contribution is 2.23. The van der Waals surface area contributed by atoms with E-state index in [1.165, 1.54) is 12.1 Å². The van der Waals surface area contributed by atoms with Crippen molar-refractivity contribution in [2.75, 3.05) is 6.54 Å². The van der Waals surface area contributed by atoms with Crippen LogP contribution in [0.3, 0.4) is 0 Å². The normalized spacial score (nSPS) is 13.9. The van der Waals surface area contributed by atoms with Gasteiger partial charge in [-0.25, -0.2) is 4.39 Å². The second kappa shape index (κ2) is 6.86. The molecule has 3 aromatic rings. The molecule has 2 unspecified atom stereocenters. The van der Waals surface area contributed by atoms with E-state index < -0.39 is 6.10 Å². The highest BCUT2D eigenvalue weighted by Gasteiger charge is 2.12. The third kappa shape index (κ3) is 3.55. The van der Waals surface area contributed by atoms with Crippen molar-refractivity contribution in [3.05, 3.63) is 77.7 Å². The second-order valence-electron chi connectivity index (χ2n) is 5.61. The molecule has 1 aromatic heterocycles. The first-order valence-electron chi connectivity index (χ1n) is 7.65. The topological polar surface area (TPSA) is 45.1 Å². The van der Waals surface area contributed by atoms with Crippen LogP contribution in [0.15, 0.2) is 60.8 Å². The predicted octanol–water partition coefficient (Wildman–Crippen LogP) is 3.76. The molecule has 23 heavy (non-hydrogen) atoms. The van der Waals surface area contributed by atoms with E-state index in [4.69, 9.17) is 0 Å². The lowest BCUT2D eigenvalue weighted by molar-refractivity contribution is 0.171. The summed E-state index contributed by atoms with van der Waals surface area (Å²) in [6.07, 6.45) is 1.11. The summed E-state index contributed by atoms with van der Waals surface area (Å²) >= 11 is 0. The van der Waals surface area contributed by atoms with E-state index in [1.54, 1.807) is 18.3 Å². The molecule has 0 amide bonds. The molecule has 0 saturated carbocycles. The molecule has 0 bridgehead atoms. The van der Waals surface area contributed by atoms with Gasteiger partial charge in [-0.05, 0) is 42.3 Å². The van der Waals surface area contributed by atoms with E-state index >= 15 is 0 Å². The number of benzene rings is 2. The van der Waals surface area contributed by atoms with Crippen molar-refractivity contribution in [2.45, 2.75) is 19.1 Å². The molecule has 2 aromatic carbocycles. The van der Waals surface area contributed by atoms with E-state index in [9.17, 15) is 9.50 Å². The fourth-order valence-electron chi connectivity index (χ4n) is 2.71. The first-order chi connectivity index (χ1) is 11.1. The van der Waals surface area contributed by atoms with Crippen LogP contribution in [0.25, 0.3) is 10.9 Å². The third-order valence-electron chi connectivity index (χ3n) is 4.02. The monoisotopic (exact) mass is 310 g/mol. The lowest BCUT2D eigenvalue weighted by Gasteiger charge is -2.19. The Morgan fingerprint density at radius 3 is 2.65 bits per heavy atom. The number of nitrogens with one attached hydrogen (secondary N) is 1. The molecule has 1 heterocycles. The quantitative estimate of drug-likeness (QED) is 0.754. The van der Waals surface area contributed by atoms with Crippen molar-refractivity contribution in [3.63, 3.8) is 0 Å². The standard InChI is InChI=1S/C19H19FN2O/c1-13(16-4-2-6-18-17(16)5-3-11-21-18)22-12-19(23)14-7-9-15(20)10-8-14/h2-11,13,19,22-23H,12H2,1H3. The molecule has 4 heteroatoms. The van der Waals surface area contributed by atoms with Crippen molar-refractivity contribution < 1.29 is 9.50 Å². The summed E-state index contributed by atoms with van der Waals surface area (Å²) in [5, 5.41) is 14.7. The highest BCUT2D eigenvalue weighted by atomic mass is 19.1. The summed E-state index contributed by atoms with van der Waals surface area (Å²) in [4.78, 5) is 4.36.